The molecule has 2 amide bonds. The van der Waals surface area contributed by atoms with Gasteiger partial charge in [-0.25, -0.2) is 9.18 Å². The van der Waals surface area contributed by atoms with Crippen LogP contribution in [-0.4, -0.2) is 23.9 Å². The quantitative estimate of drug-likeness (QED) is 0.617. The molecule has 1 atom stereocenters. The Morgan fingerprint density at radius 3 is 2.34 bits per heavy atom. The second-order valence-corrected chi connectivity index (χ2v) is 6.03. The number of anilines is 2. The molecule has 1 heterocycles. The zero-order valence-electron chi connectivity index (χ0n) is 15.3. The van der Waals surface area contributed by atoms with Crippen molar-refractivity contribution in [2.24, 2.45) is 0 Å². The van der Waals surface area contributed by atoms with E-state index in [0.29, 0.717) is 5.69 Å². The molecule has 2 aromatic carbocycles. The van der Waals surface area contributed by atoms with E-state index in [0.717, 1.165) is 0 Å². The number of para-hydroxylation sites is 1. The van der Waals surface area contributed by atoms with Crippen LogP contribution in [0.25, 0.3) is 0 Å². The molecule has 0 fully saturated rings. The Balaban J connectivity index is 1.56. The summed E-state index contributed by atoms with van der Waals surface area (Å²) in [5, 5.41) is 4.98. The van der Waals surface area contributed by atoms with Gasteiger partial charge in [0.2, 0.25) is 0 Å². The van der Waals surface area contributed by atoms with Gasteiger partial charge in [-0.1, -0.05) is 12.1 Å². The van der Waals surface area contributed by atoms with Crippen LogP contribution in [0.1, 0.15) is 27.8 Å². The average molecular weight is 396 g/mol. The maximum absolute atomic E-state index is 13.6. The molecule has 0 aliphatic rings. The molecule has 8 heteroatoms. The molecule has 0 radical (unpaired) electrons. The highest BCUT2D eigenvalue weighted by molar-refractivity contribution is 6.02. The zero-order chi connectivity index (χ0) is 20.8. The van der Waals surface area contributed by atoms with Crippen LogP contribution < -0.4 is 10.6 Å². The molecule has 148 valence electrons. The van der Waals surface area contributed by atoms with Crippen molar-refractivity contribution in [2.45, 2.75) is 13.0 Å². The molecule has 2 N–H and O–H groups in total. The van der Waals surface area contributed by atoms with E-state index < -0.39 is 29.7 Å². The van der Waals surface area contributed by atoms with Gasteiger partial charge in [0.05, 0.1) is 17.5 Å². The molecule has 29 heavy (non-hydrogen) atoms. The van der Waals surface area contributed by atoms with Gasteiger partial charge in [-0.05, 0) is 55.5 Å². The lowest BCUT2D eigenvalue weighted by atomic mass is 10.2. The number of furan rings is 1. The third kappa shape index (κ3) is 5.07. The van der Waals surface area contributed by atoms with Crippen molar-refractivity contribution in [3.8, 4) is 0 Å². The van der Waals surface area contributed by atoms with Crippen molar-refractivity contribution in [3.63, 3.8) is 0 Å². The van der Waals surface area contributed by atoms with E-state index in [1.165, 1.54) is 61.7 Å². The van der Waals surface area contributed by atoms with Crippen LogP contribution in [0.3, 0.4) is 0 Å². The average Bonchev–Trinajstić information content (AvgIpc) is 3.25. The topological polar surface area (TPSA) is 97.6 Å². The number of nitrogens with one attached hydrogen (secondary N) is 2. The number of carbonyl (C=O) groups excluding carboxylic acids is 3. The predicted molar refractivity (Wildman–Crippen MR) is 103 cm³/mol. The minimum atomic E-state index is -1.14. The van der Waals surface area contributed by atoms with E-state index in [1.807, 2.05) is 0 Å². The molecule has 0 aliphatic carbocycles. The molecule has 0 saturated carbocycles. The van der Waals surface area contributed by atoms with Gasteiger partial charge in [0.25, 0.3) is 11.8 Å². The number of ether oxygens (including phenoxy) is 1. The van der Waals surface area contributed by atoms with Gasteiger partial charge >= 0.3 is 5.97 Å². The van der Waals surface area contributed by atoms with E-state index in [9.17, 15) is 18.8 Å². The minimum absolute atomic E-state index is 0.00273. The molecule has 0 spiro atoms. The van der Waals surface area contributed by atoms with Gasteiger partial charge in [-0.3, -0.25) is 9.59 Å². The summed E-state index contributed by atoms with van der Waals surface area (Å²) in [5.74, 6) is -2.26. The zero-order valence-corrected chi connectivity index (χ0v) is 15.3. The third-order valence-corrected chi connectivity index (χ3v) is 3.91. The number of halogens is 1. The molecule has 1 aromatic heterocycles. The Kier molecular flexibility index (Phi) is 6.03. The summed E-state index contributed by atoms with van der Waals surface area (Å²) < 4.78 is 23.7. The van der Waals surface area contributed by atoms with E-state index in [4.69, 9.17) is 9.15 Å². The molecule has 0 saturated heterocycles. The Morgan fingerprint density at radius 2 is 1.69 bits per heavy atom. The first kappa shape index (κ1) is 19.8. The maximum atomic E-state index is 13.6. The van der Waals surface area contributed by atoms with E-state index in [1.54, 1.807) is 12.1 Å². The number of hydrogen-bond donors (Lipinski definition) is 2. The van der Waals surface area contributed by atoms with Gasteiger partial charge in [0, 0.05) is 5.69 Å². The Hall–Kier alpha value is -3.94. The van der Waals surface area contributed by atoms with Crippen LogP contribution in [-0.2, 0) is 9.53 Å². The maximum Gasteiger partial charge on any atom is 0.338 e. The number of benzene rings is 2. The van der Waals surface area contributed by atoms with Crippen LogP contribution in [0.2, 0.25) is 0 Å². The summed E-state index contributed by atoms with van der Waals surface area (Å²) in [6.45, 7) is 1.38. The monoisotopic (exact) mass is 396 g/mol. The third-order valence-electron chi connectivity index (χ3n) is 3.91. The molecule has 3 aromatic rings. The second-order valence-electron chi connectivity index (χ2n) is 6.03. The van der Waals surface area contributed by atoms with Crippen molar-refractivity contribution in [3.05, 3.63) is 84.1 Å². The first-order chi connectivity index (χ1) is 13.9. The standard InChI is InChI=1S/C21H17FN2O5/c1-13(19(25)24-17-6-3-2-5-16(17)22)29-21(27)14-8-10-15(11-9-14)23-20(26)18-7-4-12-28-18/h2-13H,1H3,(H,23,26)(H,24,25)/t13-/m1/s1. The van der Waals surface area contributed by atoms with Gasteiger partial charge in [-0.2, -0.15) is 0 Å². The lowest BCUT2D eigenvalue weighted by Crippen LogP contribution is -2.30. The number of amides is 2. The number of esters is 1. The van der Waals surface area contributed by atoms with Gasteiger partial charge in [0.1, 0.15) is 5.82 Å². The number of hydrogen-bond acceptors (Lipinski definition) is 5. The smallest absolute Gasteiger partial charge is 0.338 e. The summed E-state index contributed by atoms with van der Waals surface area (Å²) in [6, 6.07) is 14.7. The Labute approximate surface area is 165 Å². The van der Waals surface area contributed by atoms with Crippen LogP contribution in [0.4, 0.5) is 15.8 Å². The van der Waals surface area contributed by atoms with E-state index in [2.05, 4.69) is 10.6 Å². The van der Waals surface area contributed by atoms with Crippen molar-refractivity contribution in [1.82, 2.24) is 0 Å². The highest BCUT2D eigenvalue weighted by atomic mass is 19.1. The fraction of sp³-hybridized carbons (Fsp3) is 0.0952. The van der Waals surface area contributed by atoms with Crippen molar-refractivity contribution in [1.29, 1.82) is 0 Å². The predicted octanol–water partition coefficient (Wildman–Crippen LogP) is 3.86. The van der Waals surface area contributed by atoms with Gasteiger partial charge in [-0.15, -0.1) is 0 Å². The normalized spacial score (nSPS) is 11.4. The first-order valence-electron chi connectivity index (χ1n) is 8.65. The molecular formula is C21H17FN2O5. The fourth-order valence-electron chi connectivity index (χ4n) is 2.37. The Morgan fingerprint density at radius 1 is 0.966 bits per heavy atom. The van der Waals surface area contributed by atoms with Crippen molar-refractivity contribution < 1.29 is 27.9 Å². The van der Waals surface area contributed by atoms with Crippen molar-refractivity contribution >= 4 is 29.2 Å². The highest BCUT2D eigenvalue weighted by Gasteiger charge is 2.20. The van der Waals surface area contributed by atoms with E-state index in [-0.39, 0.29) is 17.0 Å². The lowest BCUT2D eigenvalue weighted by Gasteiger charge is -2.14. The molecule has 0 unspecified atom stereocenters. The van der Waals surface area contributed by atoms with Crippen LogP contribution >= 0.6 is 0 Å². The van der Waals surface area contributed by atoms with Crippen molar-refractivity contribution in [2.75, 3.05) is 10.6 Å². The molecular weight excluding hydrogens is 379 g/mol. The van der Waals surface area contributed by atoms with Gasteiger partial charge < -0.3 is 19.8 Å². The summed E-state index contributed by atoms with van der Waals surface area (Å²) in [4.78, 5) is 36.2. The SMILES string of the molecule is C[C@@H](OC(=O)c1ccc(NC(=O)c2ccco2)cc1)C(=O)Nc1ccccc1F. The van der Waals surface area contributed by atoms with Crippen LogP contribution in [0.5, 0.6) is 0 Å². The molecule has 0 aliphatic heterocycles. The van der Waals surface area contributed by atoms with Crippen LogP contribution in [0, 0.1) is 5.82 Å². The largest absolute Gasteiger partial charge is 0.459 e. The second kappa shape index (κ2) is 8.83. The summed E-state index contributed by atoms with van der Waals surface area (Å²) in [5.41, 5.74) is 0.636. The molecule has 3 rings (SSSR count). The summed E-state index contributed by atoms with van der Waals surface area (Å²) >= 11 is 0. The minimum Gasteiger partial charge on any atom is -0.459 e. The lowest BCUT2D eigenvalue weighted by molar-refractivity contribution is -0.123. The first-order valence-corrected chi connectivity index (χ1v) is 8.65. The highest BCUT2D eigenvalue weighted by Crippen LogP contribution is 2.15. The summed E-state index contributed by atoms with van der Waals surface area (Å²) in [7, 11) is 0. The molecule has 0 bridgehead atoms. The Bertz CT molecular complexity index is 1020. The number of rotatable bonds is 6. The van der Waals surface area contributed by atoms with Crippen LogP contribution in [0.15, 0.2) is 71.3 Å². The van der Waals surface area contributed by atoms with Gasteiger partial charge in [0.15, 0.2) is 11.9 Å². The summed E-state index contributed by atoms with van der Waals surface area (Å²) in [6.07, 6.45) is 0.248. The van der Waals surface area contributed by atoms with E-state index >= 15 is 0 Å². The number of carbonyl (C=O) groups is 3. The fourth-order valence-corrected chi connectivity index (χ4v) is 2.37. The molecule has 7 nitrogen and oxygen atoms in total.